The van der Waals surface area contributed by atoms with Gasteiger partial charge in [-0.3, -0.25) is 4.79 Å². The summed E-state index contributed by atoms with van der Waals surface area (Å²) in [7, 11) is 0. The van der Waals surface area contributed by atoms with E-state index in [4.69, 9.17) is 21.1 Å². The van der Waals surface area contributed by atoms with Crippen LogP contribution in [0.1, 0.15) is 29.5 Å². The molecule has 3 aliphatic rings. The van der Waals surface area contributed by atoms with Crippen LogP contribution in [0.2, 0.25) is 5.02 Å². The van der Waals surface area contributed by atoms with Crippen molar-refractivity contribution < 1.29 is 23.8 Å². The number of rotatable bonds is 3. The largest absolute Gasteiger partial charge is 0.511 e. The first-order valence-electron chi connectivity index (χ1n) is 9.58. The second kappa shape index (κ2) is 6.54. The molecule has 0 spiro atoms. The highest BCUT2D eigenvalue weighted by molar-refractivity contribution is 6.30. The Hall–Kier alpha value is -2.44. The number of aliphatic hydroxyl groups excluding tert-OH is 1. The number of aryl methyl sites for hydroxylation is 2. The molecule has 150 valence electrons. The molecule has 2 bridgehead atoms. The van der Waals surface area contributed by atoms with E-state index in [1.54, 1.807) is 12.1 Å². The zero-order chi connectivity index (χ0) is 20.4. The third-order valence-corrected chi connectivity index (χ3v) is 6.35. The molecule has 7 heteroatoms. The highest BCUT2D eigenvalue weighted by Crippen LogP contribution is 2.54. The number of pyridine rings is 1. The molecule has 3 heterocycles. The van der Waals surface area contributed by atoms with Crippen molar-refractivity contribution in [1.29, 1.82) is 0 Å². The van der Waals surface area contributed by atoms with E-state index in [0.717, 1.165) is 30.0 Å². The monoisotopic (exact) mass is 415 g/mol. The van der Waals surface area contributed by atoms with Crippen molar-refractivity contribution in [1.82, 2.24) is 4.98 Å². The molecule has 2 fully saturated rings. The van der Waals surface area contributed by atoms with Crippen molar-refractivity contribution in [2.45, 2.75) is 38.9 Å². The highest BCUT2D eigenvalue weighted by atomic mass is 35.5. The predicted molar refractivity (Wildman–Crippen MR) is 105 cm³/mol. The number of halogens is 2. The number of ketones is 1. The minimum atomic E-state index is -0.661. The van der Waals surface area contributed by atoms with E-state index >= 15 is 0 Å². The van der Waals surface area contributed by atoms with Gasteiger partial charge in [0.2, 0.25) is 0 Å². The molecule has 2 aliphatic heterocycles. The Morgan fingerprint density at radius 2 is 1.83 bits per heavy atom. The van der Waals surface area contributed by atoms with E-state index in [1.807, 2.05) is 13.8 Å². The first-order chi connectivity index (χ1) is 13.8. The smallest absolute Gasteiger partial charge is 0.255 e. The maximum absolute atomic E-state index is 14.0. The van der Waals surface area contributed by atoms with Crippen LogP contribution in [0.15, 0.2) is 30.2 Å². The fourth-order valence-corrected chi connectivity index (χ4v) is 5.18. The van der Waals surface area contributed by atoms with Gasteiger partial charge in [0.1, 0.15) is 11.5 Å². The molecule has 1 aliphatic carbocycles. The first-order valence-corrected chi connectivity index (χ1v) is 9.96. The number of nitrogens with zero attached hydrogens (tertiary/aromatic N) is 1. The van der Waals surface area contributed by atoms with Gasteiger partial charge in [0.25, 0.3) is 5.88 Å². The van der Waals surface area contributed by atoms with Gasteiger partial charge in [-0.2, -0.15) is 0 Å². The minimum Gasteiger partial charge on any atom is -0.511 e. The van der Waals surface area contributed by atoms with Crippen molar-refractivity contribution >= 4 is 23.0 Å². The zero-order valence-electron chi connectivity index (χ0n) is 15.9. The lowest BCUT2D eigenvalue weighted by atomic mass is 9.80. The van der Waals surface area contributed by atoms with E-state index in [9.17, 15) is 14.3 Å². The van der Waals surface area contributed by atoms with Crippen molar-refractivity contribution in [2.75, 3.05) is 0 Å². The van der Waals surface area contributed by atoms with Gasteiger partial charge in [0, 0.05) is 6.20 Å². The maximum atomic E-state index is 14.0. The van der Waals surface area contributed by atoms with Crippen LogP contribution < -0.4 is 4.74 Å². The Labute approximate surface area is 172 Å². The lowest BCUT2D eigenvalue weighted by Gasteiger charge is -2.19. The number of benzene rings is 1. The summed E-state index contributed by atoms with van der Waals surface area (Å²) in [6, 6.07) is 4.56. The van der Waals surface area contributed by atoms with E-state index in [0.29, 0.717) is 16.9 Å². The number of carbonyl (C=O) groups excluding carboxylic acids is 1. The second-order valence-corrected chi connectivity index (χ2v) is 8.38. The molecule has 29 heavy (non-hydrogen) atoms. The van der Waals surface area contributed by atoms with Crippen LogP contribution in [0.25, 0.3) is 5.57 Å². The van der Waals surface area contributed by atoms with Gasteiger partial charge in [-0.25, -0.2) is 9.37 Å². The number of Topliss-reactive ketones (excluding diaryl/α,β-unsaturated/α-hetero) is 1. The summed E-state index contributed by atoms with van der Waals surface area (Å²) in [6.07, 6.45) is 2.88. The van der Waals surface area contributed by atoms with Crippen LogP contribution >= 0.6 is 11.6 Å². The summed E-state index contributed by atoms with van der Waals surface area (Å²) >= 11 is 5.73. The van der Waals surface area contributed by atoms with Crippen molar-refractivity contribution in [2.24, 2.45) is 11.8 Å². The maximum Gasteiger partial charge on any atom is 0.255 e. The van der Waals surface area contributed by atoms with E-state index in [1.165, 1.54) is 6.20 Å². The molecule has 1 aromatic heterocycles. The Kier molecular flexibility index (Phi) is 4.19. The SMILES string of the molecule is Cc1cc(Oc2ncc(Cl)cc2F)cc(C)c1C1=C(O)[C@H]2[C@@H](C1=O)[C@@H]1CC[C@H]2O1. The standard InChI is InChI=1S/C22H19ClFNO4/c1-9-5-12(28-22-13(24)7-11(23)8-25-22)6-10(2)16(9)19-20(26)17-14-3-4-15(29-14)18(17)21(19)27/h5-8,14-15,17-18,26H,3-4H2,1-2H3/t14-,15+,17-,18+/m1/s1. The number of hydrogen-bond acceptors (Lipinski definition) is 5. The van der Waals surface area contributed by atoms with E-state index in [2.05, 4.69) is 4.98 Å². The summed E-state index contributed by atoms with van der Waals surface area (Å²) in [4.78, 5) is 17.0. The third-order valence-electron chi connectivity index (χ3n) is 6.14. The lowest BCUT2D eigenvalue weighted by molar-refractivity contribution is -0.118. The van der Waals surface area contributed by atoms with Crippen LogP contribution in [0.3, 0.4) is 0 Å². The van der Waals surface area contributed by atoms with Crippen LogP contribution in [0.5, 0.6) is 11.6 Å². The summed E-state index contributed by atoms with van der Waals surface area (Å²) < 4.78 is 25.4. The zero-order valence-corrected chi connectivity index (χ0v) is 16.7. The van der Waals surface area contributed by atoms with Gasteiger partial charge >= 0.3 is 0 Å². The van der Waals surface area contributed by atoms with E-state index < -0.39 is 5.82 Å². The average Bonchev–Trinajstić information content (AvgIpc) is 3.33. The van der Waals surface area contributed by atoms with Gasteiger partial charge < -0.3 is 14.6 Å². The average molecular weight is 416 g/mol. The third kappa shape index (κ3) is 2.77. The van der Waals surface area contributed by atoms with Gasteiger partial charge in [0.15, 0.2) is 11.6 Å². The molecule has 0 radical (unpaired) electrons. The Morgan fingerprint density at radius 1 is 1.17 bits per heavy atom. The predicted octanol–water partition coefficient (Wildman–Crippen LogP) is 4.93. The number of fused-ring (bicyclic) bond motifs is 5. The number of ether oxygens (including phenoxy) is 2. The van der Waals surface area contributed by atoms with Crippen LogP contribution in [0.4, 0.5) is 4.39 Å². The van der Waals surface area contributed by atoms with Crippen LogP contribution in [-0.2, 0) is 9.53 Å². The molecule has 2 aromatic rings. The molecular formula is C22H19ClFNO4. The van der Waals surface area contributed by atoms with Gasteiger partial charge in [0.05, 0.1) is 34.6 Å². The molecule has 4 atom stereocenters. The topological polar surface area (TPSA) is 68.7 Å². The lowest BCUT2D eigenvalue weighted by Crippen LogP contribution is -2.29. The Morgan fingerprint density at radius 3 is 2.45 bits per heavy atom. The van der Waals surface area contributed by atoms with Gasteiger partial charge in [-0.05, 0) is 61.6 Å². The number of carbonyl (C=O) groups is 1. The summed E-state index contributed by atoms with van der Waals surface area (Å²) in [5.74, 6) is -0.882. The van der Waals surface area contributed by atoms with Gasteiger partial charge in [-0.1, -0.05) is 11.6 Å². The van der Waals surface area contributed by atoms with Crippen LogP contribution in [-0.4, -0.2) is 28.1 Å². The second-order valence-electron chi connectivity index (χ2n) is 7.94. The molecule has 1 aromatic carbocycles. The molecule has 5 rings (SSSR count). The van der Waals surface area contributed by atoms with E-state index in [-0.39, 0.29) is 46.5 Å². The van der Waals surface area contributed by atoms with Crippen molar-refractivity contribution in [3.8, 4) is 11.6 Å². The normalized spacial score (nSPS) is 27.7. The molecule has 5 nitrogen and oxygen atoms in total. The highest BCUT2D eigenvalue weighted by Gasteiger charge is 2.59. The fraction of sp³-hybridized carbons (Fsp3) is 0.364. The summed E-state index contributed by atoms with van der Waals surface area (Å²) in [5.41, 5.74) is 2.62. The summed E-state index contributed by atoms with van der Waals surface area (Å²) in [6.45, 7) is 3.68. The quantitative estimate of drug-likeness (QED) is 0.769. The number of allylic oxidation sites excluding steroid dienone is 1. The molecule has 0 unspecified atom stereocenters. The Balaban J connectivity index is 1.51. The minimum absolute atomic E-state index is 0.0509. The van der Waals surface area contributed by atoms with Crippen molar-refractivity contribution in [3.63, 3.8) is 0 Å². The molecule has 0 saturated carbocycles. The van der Waals surface area contributed by atoms with Crippen molar-refractivity contribution in [3.05, 3.63) is 57.7 Å². The van der Waals surface area contributed by atoms with Crippen LogP contribution in [0, 0.1) is 31.5 Å². The fourth-order valence-electron chi connectivity index (χ4n) is 5.03. The molecule has 0 amide bonds. The molecule has 1 N–H and O–H groups in total. The molecule has 2 saturated heterocycles. The number of aromatic nitrogens is 1. The van der Waals surface area contributed by atoms with Gasteiger partial charge in [-0.15, -0.1) is 0 Å². The Bertz CT molecular complexity index is 1060. The first kappa shape index (κ1) is 18.6. The molecular weight excluding hydrogens is 397 g/mol. The number of aliphatic hydroxyl groups is 1. The summed E-state index contributed by atoms with van der Waals surface area (Å²) in [5, 5.41) is 11.1. The number of hydrogen-bond donors (Lipinski definition) is 1.